The summed E-state index contributed by atoms with van der Waals surface area (Å²) in [6.07, 6.45) is -4.67. The molecule has 0 aromatic heterocycles. The van der Waals surface area contributed by atoms with Gasteiger partial charge in [0.1, 0.15) is 0 Å². The van der Waals surface area contributed by atoms with Crippen LogP contribution in [0.4, 0.5) is 24.5 Å². The Bertz CT molecular complexity index is 416. The van der Waals surface area contributed by atoms with Crippen molar-refractivity contribution >= 4 is 40.8 Å². The van der Waals surface area contributed by atoms with E-state index in [1.54, 1.807) is 0 Å². The molecule has 2 N–H and O–H groups in total. The maximum atomic E-state index is 11.8. The fraction of sp³-hybridized carbons (Fsp3) is 0.222. The lowest BCUT2D eigenvalue weighted by molar-refractivity contribution is -0.120. The Morgan fingerprint density at radius 3 is 2.38 bits per heavy atom. The van der Waals surface area contributed by atoms with Crippen LogP contribution in [0.1, 0.15) is 6.42 Å². The molecule has 0 saturated carbocycles. The third-order valence-electron chi connectivity index (χ3n) is 1.62. The molecule has 0 radical (unpaired) electrons. The molecule has 0 unspecified atom stereocenters. The van der Waals surface area contributed by atoms with E-state index in [0.717, 1.165) is 6.21 Å². The summed E-state index contributed by atoms with van der Waals surface area (Å²) < 4.78 is 35.5. The van der Waals surface area contributed by atoms with Gasteiger partial charge in [-0.25, -0.2) is 0 Å². The molecular weight excluding hydrogens is 264 g/mol. The summed E-state index contributed by atoms with van der Waals surface area (Å²) in [4.78, 5) is 3.58. The van der Waals surface area contributed by atoms with Gasteiger partial charge in [-0.3, -0.25) is 4.99 Å². The molecule has 0 aliphatic rings. The molecule has 0 amide bonds. The highest BCUT2D eigenvalue weighted by Crippen LogP contribution is 2.32. The molecule has 1 rings (SSSR count). The molecule has 1 aromatic rings. The van der Waals surface area contributed by atoms with Crippen LogP contribution < -0.4 is 5.73 Å². The van der Waals surface area contributed by atoms with E-state index in [2.05, 4.69) is 4.99 Å². The average Bonchev–Trinajstić information content (AvgIpc) is 2.11. The number of alkyl halides is 3. The summed E-state index contributed by atoms with van der Waals surface area (Å²) >= 11 is 11.3. The molecule has 0 atom stereocenters. The lowest BCUT2D eigenvalue weighted by atomic mass is 10.3. The zero-order valence-corrected chi connectivity index (χ0v) is 9.37. The van der Waals surface area contributed by atoms with Gasteiger partial charge < -0.3 is 5.73 Å². The van der Waals surface area contributed by atoms with Gasteiger partial charge in [-0.05, 0) is 12.1 Å². The Labute approximate surface area is 99.9 Å². The number of hydrogen-bond acceptors (Lipinski definition) is 2. The summed E-state index contributed by atoms with van der Waals surface area (Å²) in [7, 11) is 0. The van der Waals surface area contributed by atoms with Crippen molar-refractivity contribution in [2.24, 2.45) is 4.99 Å². The second-order valence-electron chi connectivity index (χ2n) is 2.96. The molecule has 88 valence electrons. The van der Waals surface area contributed by atoms with Crippen LogP contribution >= 0.6 is 23.2 Å². The van der Waals surface area contributed by atoms with Gasteiger partial charge in [0, 0.05) is 6.21 Å². The van der Waals surface area contributed by atoms with Crippen LogP contribution in [0.5, 0.6) is 0 Å². The number of rotatable bonds is 2. The number of hydrogen-bond donors (Lipinski definition) is 1. The van der Waals surface area contributed by atoms with Crippen LogP contribution in [-0.4, -0.2) is 12.4 Å². The second-order valence-corrected chi connectivity index (χ2v) is 3.77. The summed E-state index contributed by atoms with van der Waals surface area (Å²) in [6.45, 7) is 0. The number of nitrogens with two attached hydrogens (primary N) is 1. The van der Waals surface area contributed by atoms with Gasteiger partial charge >= 0.3 is 6.18 Å². The van der Waals surface area contributed by atoms with Gasteiger partial charge in [0.05, 0.1) is 27.8 Å². The van der Waals surface area contributed by atoms with E-state index in [1.807, 2.05) is 0 Å². The van der Waals surface area contributed by atoms with Crippen molar-refractivity contribution in [3.63, 3.8) is 0 Å². The van der Waals surface area contributed by atoms with Gasteiger partial charge in [-0.1, -0.05) is 23.2 Å². The smallest absolute Gasteiger partial charge is 0.393 e. The first-order chi connectivity index (χ1) is 7.29. The van der Waals surface area contributed by atoms with Crippen molar-refractivity contribution in [2.75, 3.05) is 5.73 Å². The summed E-state index contributed by atoms with van der Waals surface area (Å²) in [5.74, 6) is 0. The zero-order chi connectivity index (χ0) is 12.3. The third kappa shape index (κ3) is 3.90. The van der Waals surface area contributed by atoms with E-state index in [-0.39, 0.29) is 21.4 Å². The normalized spacial score (nSPS) is 12.3. The van der Waals surface area contributed by atoms with Crippen LogP contribution in [0.3, 0.4) is 0 Å². The number of nitrogens with zero attached hydrogens (tertiary/aromatic N) is 1. The van der Waals surface area contributed by atoms with Crippen molar-refractivity contribution in [1.82, 2.24) is 0 Å². The van der Waals surface area contributed by atoms with E-state index in [9.17, 15) is 13.2 Å². The minimum absolute atomic E-state index is 0.165. The lowest BCUT2D eigenvalue weighted by Crippen LogP contribution is -2.06. The molecule has 0 bridgehead atoms. The molecule has 1 aromatic carbocycles. The Hall–Kier alpha value is -0.940. The number of nitrogen functional groups attached to an aromatic ring is 1. The fourth-order valence-corrected chi connectivity index (χ4v) is 1.24. The highest BCUT2D eigenvalue weighted by Gasteiger charge is 2.25. The van der Waals surface area contributed by atoms with Crippen molar-refractivity contribution in [1.29, 1.82) is 0 Å². The van der Waals surface area contributed by atoms with Crippen molar-refractivity contribution in [3.8, 4) is 0 Å². The first kappa shape index (κ1) is 13.1. The largest absolute Gasteiger partial charge is 0.397 e. The van der Waals surface area contributed by atoms with Gasteiger partial charge in [0.25, 0.3) is 0 Å². The summed E-state index contributed by atoms with van der Waals surface area (Å²) in [5, 5.41) is 0.420. The van der Waals surface area contributed by atoms with Crippen LogP contribution in [0.25, 0.3) is 0 Å². The molecule has 7 heteroatoms. The SMILES string of the molecule is Nc1cc(Cl)c(Cl)cc1N=CCC(F)(F)F. The van der Waals surface area contributed by atoms with Crippen molar-refractivity contribution in [2.45, 2.75) is 12.6 Å². The number of benzene rings is 1. The van der Waals surface area contributed by atoms with E-state index in [0.29, 0.717) is 0 Å². The Balaban J connectivity index is 2.86. The van der Waals surface area contributed by atoms with Crippen LogP contribution in [0.15, 0.2) is 17.1 Å². The molecule has 0 aliphatic carbocycles. The predicted molar refractivity (Wildman–Crippen MR) is 59.7 cm³/mol. The first-order valence-corrected chi connectivity index (χ1v) is 4.89. The van der Waals surface area contributed by atoms with Crippen LogP contribution in [0.2, 0.25) is 10.0 Å². The van der Waals surface area contributed by atoms with Crippen molar-refractivity contribution in [3.05, 3.63) is 22.2 Å². The monoisotopic (exact) mass is 270 g/mol. The number of anilines is 1. The zero-order valence-electron chi connectivity index (χ0n) is 7.85. The van der Waals surface area contributed by atoms with Gasteiger partial charge in [0.15, 0.2) is 0 Å². The van der Waals surface area contributed by atoms with Gasteiger partial charge in [0.2, 0.25) is 0 Å². The minimum Gasteiger partial charge on any atom is -0.397 e. The predicted octanol–water partition coefficient (Wildman–Crippen LogP) is 4.23. The van der Waals surface area contributed by atoms with Gasteiger partial charge in [-0.15, -0.1) is 0 Å². The summed E-state index contributed by atoms with van der Waals surface area (Å²) in [6, 6.07) is 2.65. The van der Waals surface area contributed by atoms with E-state index < -0.39 is 12.6 Å². The molecule has 0 heterocycles. The minimum atomic E-state index is -4.28. The Morgan fingerprint density at radius 1 is 1.25 bits per heavy atom. The van der Waals surface area contributed by atoms with Crippen molar-refractivity contribution < 1.29 is 13.2 Å². The average molecular weight is 271 g/mol. The lowest BCUT2D eigenvalue weighted by Gasteiger charge is -2.03. The maximum Gasteiger partial charge on any atom is 0.393 e. The molecule has 0 aliphatic heterocycles. The quantitative estimate of drug-likeness (QED) is 0.634. The number of halogens is 5. The second kappa shape index (κ2) is 4.93. The Morgan fingerprint density at radius 2 is 1.81 bits per heavy atom. The fourth-order valence-electron chi connectivity index (χ4n) is 0.911. The van der Waals surface area contributed by atoms with E-state index in [4.69, 9.17) is 28.9 Å². The van der Waals surface area contributed by atoms with Crippen LogP contribution in [0, 0.1) is 0 Å². The molecule has 0 fully saturated rings. The third-order valence-corrected chi connectivity index (χ3v) is 2.34. The molecule has 0 saturated heterocycles. The molecular formula is C9H7Cl2F3N2. The summed E-state index contributed by atoms with van der Waals surface area (Å²) in [5.41, 5.74) is 5.84. The van der Waals surface area contributed by atoms with Gasteiger partial charge in [-0.2, -0.15) is 13.2 Å². The Kier molecular flexibility index (Phi) is 4.04. The topological polar surface area (TPSA) is 38.4 Å². The van der Waals surface area contributed by atoms with E-state index in [1.165, 1.54) is 12.1 Å². The first-order valence-electron chi connectivity index (χ1n) is 4.13. The highest BCUT2D eigenvalue weighted by atomic mass is 35.5. The molecule has 16 heavy (non-hydrogen) atoms. The molecule has 0 spiro atoms. The maximum absolute atomic E-state index is 11.8. The number of aliphatic imine (C=N–C) groups is 1. The highest BCUT2D eigenvalue weighted by molar-refractivity contribution is 6.42. The van der Waals surface area contributed by atoms with E-state index >= 15 is 0 Å². The molecule has 2 nitrogen and oxygen atoms in total. The standard InChI is InChI=1S/C9H7Cl2F3N2/c10-5-3-7(15)8(4-6(5)11)16-2-1-9(12,13)14/h2-4H,1,15H2. The van der Waals surface area contributed by atoms with Crippen LogP contribution in [-0.2, 0) is 0 Å².